The molecule has 0 aliphatic rings. The van der Waals surface area contributed by atoms with Crippen LogP contribution in [0.2, 0.25) is 0 Å². The van der Waals surface area contributed by atoms with Crippen LogP contribution in [0.1, 0.15) is 21.5 Å². The first-order valence-electron chi connectivity index (χ1n) is 9.20. The first kappa shape index (κ1) is 17.1. The van der Waals surface area contributed by atoms with E-state index in [0.29, 0.717) is 23.8 Å². The predicted octanol–water partition coefficient (Wildman–Crippen LogP) is 3.78. The normalized spacial score (nSPS) is 11.2. The molecule has 7 heteroatoms. The fourth-order valence-electron chi connectivity index (χ4n) is 3.19. The standard InChI is InChI=1S/C22H17N5O2/c1-14-3-2-4-18-19(14)26-21(29-18)16-7-5-15(6-8-16)11-24-20(28)17-12-25-22-23-9-10-27(22)13-17/h2-10,12-13H,11H2,1H3,(H,24,28). The molecule has 2 aromatic carbocycles. The molecule has 1 amide bonds. The van der Waals surface area contributed by atoms with Gasteiger partial charge in [0.1, 0.15) is 5.52 Å². The number of rotatable bonds is 4. The van der Waals surface area contributed by atoms with Crippen LogP contribution in [-0.2, 0) is 6.54 Å². The molecule has 0 fully saturated rings. The summed E-state index contributed by atoms with van der Waals surface area (Å²) in [5.74, 6) is 0.961. The Hall–Kier alpha value is -4.00. The molecule has 0 atom stereocenters. The zero-order chi connectivity index (χ0) is 19.8. The predicted molar refractivity (Wildman–Crippen MR) is 108 cm³/mol. The van der Waals surface area contributed by atoms with Crippen molar-refractivity contribution in [1.82, 2.24) is 24.7 Å². The third-order valence-corrected chi connectivity index (χ3v) is 4.78. The molecule has 0 spiro atoms. The topological polar surface area (TPSA) is 85.3 Å². The molecule has 29 heavy (non-hydrogen) atoms. The van der Waals surface area contributed by atoms with Gasteiger partial charge in [-0.3, -0.25) is 9.20 Å². The summed E-state index contributed by atoms with van der Waals surface area (Å²) < 4.78 is 7.58. The maximum Gasteiger partial charge on any atom is 0.254 e. The number of fused-ring (bicyclic) bond motifs is 2. The third kappa shape index (κ3) is 3.23. The van der Waals surface area contributed by atoms with Crippen LogP contribution < -0.4 is 5.32 Å². The SMILES string of the molecule is Cc1cccc2oc(-c3ccc(CNC(=O)c4cnc5nccn5c4)cc3)nc12. The van der Waals surface area contributed by atoms with Gasteiger partial charge in [-0.25, -0.2) is 15.0 Å². The molecule has 5 aromatic rings. The van der Waals surface area contributed by atoms with E-state index in [1.807, 2.05) is 49.4 Å². The van der Waals surface area contributed by atoms with Crippen LogP contribution in [-0.4, -0.2) is 25.3 Å². The smallest absolute Gasteiger partial charge is 0.254 e. The van der Waals surface area contributed by atoms with Crippen LogP contribution in [0.25, 0.3) is 28.3 Å². The number of carbonyl (C=O) groups excluding carboxylic acids is 1. The highest BCUT2D eigenvalue weighted by Crippen LogP contribution is 2.26. The van der Waals surface area contributed by atoms with Gasteiger partial charge in [0.2, 0.25) is 11.7 Å². The van der Waals surface area contributed by atoms with Crippen molar-refractivity contribution in [3.05, 3.63) is 83.9 Å². The first-order chi connectivity index (χ1) is 14.2. The molecule has 0 bridgehead atoms. The summed E-state index contributed by atoms with van der Waals surface area (Å²) in [4.78, 5) is 25.2. The Bertz CT molecular complexity index is 1330. The van der Waals surface area contributed by atoms with Crippen LogP contribution in [0, 0.1) is 6.92 Å². The summed E-state index contributed by atoms with van der Waals surface area (Å²) in [6.07, 6.45) is 6.63. The quantitative estimate of drug-likeness (QED) is 0.510. The Balaban J connectivity index is 1.29. The van der Waals surface area contributed by atoms with E-state index in [9.17, 15) is 4.79 Å². The van der Waals surface area contributed by atoms with E-state index < -0.39 is 0 Å². The molecule has 142 valence electrons. The lowest BCUT2D eigenvalue weighted by Gasteiger charge is -2.06. The summed E-state index contributed by atoms with van der Waals surface area (Å²) in [6.45, 7) is 2.42. The van der Waals surface area contributed by atoms with Crippen molar-refractivity contribution in [3.8, 4) is 11.5 Å². The van der Waals surface area contributed by atoms with Gasteiger partial charge in [0.25, 0.3) is 5.91 Å². The lowest BCUT2D eigenvalue weighted by Crippen LogP contribution is -2.23. The van der Waals surface area contributed by atoms with E-state index in [0.717, 1.165) is 27.8 Å². The molecule has 0 saturated carbocycles. The van der Waals surface area contributed by atoms with E-state index in [4.69, 9.17) is 4.42 Å². The Kier molecular flexibility index (Phi) is 4.05. The van der Waals surface area contributed by atoms with Crippen LogP contribution >= 0.6 is 0 Å². The monoisotopic (exact) mass is 383 g/mol. The lowest BCUT2D eigenvalue weighted by molar-refractivity contribution is 0.0950. The van der Waals surface area contributed by atoms with Crippen molar-refractivity contribution in [2.24, 2.45) is 0 Å². The fraction of sp³-hybridized carbons (Fsp3) is 0.0909. The minimum atomic E-state index is -0.188. The summed E-state index contributed by atoms with van der Waals surface area (Å²) in [6, 6.07) is 13.7. The van der Waals surface area contributed by atoms with Crippen molar-refractivity contribution < 1.29 is 9.21 Å². The number of hydrogen-bond donors (Lipinski definition) is 1. The maximum atomic E-state index is 12.4. The fourth-order valence-corrected chi connectivity index (χ4v) is 3.19. The van der Waals surface area contributed by atoms with Gasteiger partial charge < -0.3 is 9.73 Å². The number of para-hydroxylation sites is 1. The second-order valence-corrected chi connectivity index (χ2v) is 6.80. The van der Waals surface area contributed by atoms with Crippen molar-refractivity contribution in [3.63, 3.8) is 0 Å². The number of nitrogens with zero attached hydrogens (tertiary/aromatic N) is 4. The van der Waals surface area contributed by atoms with E-state index >= 15 is 0 Å². The number of hydrogen-bond acceptors (Lipinski definition) is 5. The van der Waals surface area contributed by atoms with Crippen LogP contribution in [0.3, 0.4) is 0 Å². The Morgan fingerprint density at radius 1 is 1.14 bits per heavy atom. The third-order valence-electron chi connectivity index (χ3n) is 4.78. The molecule has 7 nitrogen and oxygen atoms in total. The number of aromatic nitrogens is 4. The number of carbonyl (C=O) groups is 1. The Morgan fingerprint density at radius 2 is 2.00 bits per heavy atom. The van der Waals surface area contributed by atoms with Crippen LogP contribution in [0.5, 0.6) is 0 Å². The summed E-state index contributed by atoms with van der Waals surface area (Å²) >= 11 is 0. The van der Waals surface area contributed by atoms with Gasteiger partial charge in [-0.15, -0.1) is 0 Å². The van der Waals surface area contributed by atoms with E-state index in [1.165, 1.54) is 6.20 Å². The van der Waals surface area contributed by atoms with Gasteiger partial charge in [0.15, 0.2) is 5.58 Å². The lowest BCUT2D eigenvalue weighted by atomic mass is 10.1. The van der Waals surface area contributed by atoms with Crippen molar-refractivity contribution in [1.29, 1.82) is 0 Å². The van der Waals surface area contributed by atoms with Crippen molar-refractivity contribution in [2.45, 2.75) is 13.5 Å². The van der Waals surface area contributed by atoms with Gasteiger partial charge in [-0.2, -0.15) is 0 Å². The largest absolute Gasteiger partial charge is 0.436 e. The minimum absolute atomic E-state index is 0.188. The molecule has 1 N–H and O–H groups in total. The zero-order valence-corrected chi connectivity index (χ0v) is 15.7. The highest BCUT2D eigenvalue weighted by Gasteiger charge is 2.11. The second-order valence-electron chi connectivity index (χ2n) is 6.80. The number of nitrogens with one attached hydrogen (secondary N) is 1. The van der Waals surface area contributed by atoms with Gasteiger partial charge >= 0.3 is 0 Å². The molecule has 3 aromatic heterocycles. The average Bonchev–Trinajstić information content (AvgIpc) is 3.39. The van der Waals surface area contributed by atoms with Crippen molar-refractivity contribution in [2.75, 3.05) is 0 Å². The molecule has 0 aliphatic carbocycles. The van der Waals surface area contributed by atoms with Gasteiger partial charge in [-0.1, -0.05) is 24.3 Å². The number of imidazole rings is 1. The number of benzene rings is 2. The zero-order valence-electron chi connectivity index (χ0n) is 15.7. The summed E-state index contributed by atoms with van der Waals surface area (Å²) in [7, 11) is 0. The van der Waals surface area contributed by atoms with E-state index in [1.54, 1.807) is 23.0 Å². The van der Waals surface area contributed by atoms with Gasteiger partial charge in [0, 0.05) is 36.9 Å². The Labute approximate surface area is 166 Å². The molecule has 5 rings (SSSR count). The van der Waals surface area contributed by atoms with Gasteiger partial charge in [0.05, 0.1) is 5.56 Å². The minimum Gasteiger partial charge on any atom is -0.436 e. The molecule has 0 unspecified atom stereocenters. The van der Waals surface area contributed by atoms with Gasteiger partial charge in [-0.05, 0) is 36.2 Å². The number of amides is 1. The number of aryl methyl sites for hydroxylation is 1. The summed E-state index contributed by atoms with van der Waals surface area (Å²) in [5.41, 5.74) is 5.09. The molecule has 0 radical (unpaired) electrons. The van der Waals surface area contributed by atoms with Crippen LogP contribution in [0.4, 0.5) is 0 Å². The van der Waals surface area contributed by atoms with Crippen molar-refractivity contribution >= 4 is 22.8 Å². The highest BCUT2D eigenvalue weighted by molar-refractivity contribution is 5.93. The maximum absolute atomic E-state index is 12.4. The molecule has 0 aliphatic heterocycles. The first-order valence-corrected chi connectivity index (χ1v) is 9.20. The average molecular weight is 383 g/mol. The summed E-state index contributed by atoms with van der Waals surface area (Å²) in [5, 5.41) is 2.91. The molecule has 0 saturated heterocycles. The number of oxazole rings is 1. The Morgan fingerprint density at radius 3 is 2.83 bits per heavy atom. The van der Waals surface area contributed by atoms with E-state index in [2.05, 4.69) is 20.3 Å². The molecule has 3 heterocycles. The molecular weight excluding hydrogens is 366 g/mol. The van der Waals surface area contributed by atoms with Crippen LogP contribution in [0.15, 0.2) is 71.7 Å². The second kappa shape index (κ2) is 6.87. The van der Waals surface area contributed by atoms with E-state index in [-0.39, 0.29) is 5.91 Å². The molecular formula is C22H17N5O2. The highest BCUT2D eigenvalue weighted by atomic mass is 16.3.